The summed E-state index contributed by atoms with van der Waals surface area (Å²) in [5.74, 6) is -0.188. The van der Waals surface area contributed by atoms with E-state index in [0.717, 1.165) is 5.56 Å². The number of benzene rings is 1. The summed E-state index contributed by atoms with van der Waals surface area (Å²) >= 11 is 6.00. The van der Waals surface area contributed by atoms with Gasteiger partial charge in [-0.15, -0.1) is 5.10 Å². The highest BCUT2D eigenvalue weighted by molar-refractivity contribution is 6.31. The molecule has 0 aliphatic rings. The molecule has 110 valence electrons. The molecule has 0 fully saturated rings. The number of amides is 2. The zero-order chi connectivity index (χ0) is 15.2. The van der Waals surface area contributed by atoms with Crippen molar-refractivity contribution in [1.29, 1.82) is 0 Å². The number of hydrogen-bond acceptors (Lipinski definition) is 4. The van der Waals surface area contributed by atoms with E-state index in [-0.39, 0.29) is 18.4 Å². The van der Waals surface area contributed by atoms with Gasteiger partial charge in [0.2, 0.25) is 11.8 Å². The maximum atomic E-state index is 11.8. The Kier molecular flexibility index (Phi) is 4.89. The van der Waals surface area contributed by atoms with Crippen LogP contribution in [0.25, 0.3) is 0 Å². The van der Waals surface area contributed by atoms with Crippen LogP contribution in [0.3, 0.4) is 0 Å². The van der Waals surface area contributed by atoms with Crippen molar-refractivity contribution in [2.24, 2.45) is 0 Å². The van der Waals surface area contributed by atoms with E-state index in [9.17, 15) is 9.59 Å². The molecule has 2 aromatic rings. The van der Waals surface area contributed by atoms with E-state index in [0.29, 0.717) is 17.4 Å². The molecule has 0 saturated carbocycles. The molecule has 0 radical (unpaired) electrons. The summed E-state index contributed by atoms with van der Waals surface area (Å²) in [6.07, 6.45) is 1.38. The lowest BCUT2D eigenvalue weighted by molar-refractivity contribution is -0.122. The van der Waals surface area contributed by atoms with E-state index in [4.69, 9.17) is 11.6 Å². The lowest BCUT2D eigenvalue weighted by Gasteiger charge is -2.06. The Morgan fingerprint density at radius 2 is 2.10 bits per heavy atom. The number of aromatic nitrogens is 3. The van der Waals surface area contributed by atoms with Crippen LogP contribution in [0.1, 0.15) is 12.5 Å². The average Bonchev–Trinajstić information content (AvgIpc) is 2.84. The molecule has 0 saturated heterocycles. The maximum Gasteiger partial charge on any atom is 0.243 e. The Morgan fingerprint density at radius 1 is 1.33 bits per heavy atom. The fourth-order valence-corrected chi connectivity index (χ4v) is 1.83. The van der Waals surface area contributed by atoms with E-state index in [1.54, 1.807) is 6.07 Å². The first kappa shape index (κ1) is 15.0. The Labute approximate surface area is 126 Å². The average molecular weight is 308 g/mol. The van der Waals surface area contributed by atoms with Crippen molar-refractivity contribution in [3.63, 3.8) is 0 Å². The van der Waals surface area contributed by atoms with Crippen LogP contribution in [-0.2, 0) is 22.7 Å². The topological polar surface area (TPSA) is 88.9 Å². The van der Waals surface area contributed by atoms with E-state index < -0.39 is 0 Å². The van der Waals surface area contributed by atoms with Crippen molar-refractivity contribution < 1.29 is 9.59 Å². The maximum absolute atomic E-state index is 11.8. The van der Waals surface area contributed by atoms with Gasteiger partial charge < -0.3 is 10.6 Å². The van der Waals surface area contributed by atoms with Gasteiger partial charge in [0.05, 0.1) is 6.20 Å². The smallest absolute Gasteiger partial charge is 0.243 e. The van der Waals surface area contributed by atoms with Crippen LogP contribution < -0.4 is 10.6 Å². The van der Waals surface area contributed by atoms with Crippen LogP contribution >= 0.6 is 11.6 Å². The monoisotopic (exact) mass is 307 g/mol. The van der Waals surface area contributed by atoms with Crippen molar-refractivity contribution >= 4 is 29.2 Å². The summed E-state index contributed by atoms with van der Waals surface area (Å²) in [6, 6.07) is 7.27. The highest BCUT2D eigenvalue weighted by Crippen LogP contribution is 2.14. The third kappa shape index (κ3) is 4.57. The molecular weight excluding hydrogens is 294 g/mol. The molecule has 8 heteroatoms. The number of carbonyl (C=O) groups excluding carboxylic acids is 2. The minimum Gasteiger partial charge on any atom is -0.350 e. The second-order valence-electron chi connectivity index (χ2n) is 4.31. The Morgan fingerprint density at radius 3 is 2.81 bits per heavy atom. The molecule has 21 heavy (non-hydrogen) atoms. The Hall–Kier alpha value is -2.41. The summed E-state index contributed by atoms with van der Waals surface area (Å²) in [5.41, 5.74) is 0.833. The van der Waals surface area contributed by atoms with Crippen molar-refractivity contribution in [2.45, 2.75) is 20.0 Å². The van der Waals surface area contributed by atoms with Crippen LogP contribution in [0.15, 0.2) is 30.5 Å². The molecule has 2 N–H and O–H groups in total. The molecule has 1 aromatic carbocycles. The van der Waals surface area contributed by atoms with Crippen LogP contribution in [0.4, 0.5) is 5.82 Å². The Balaban J connectivity index is 1.86. The van der Waals surface area contributed by atoms with Crippen molar-refractivity contribution in [3.8, 4) is 0 Å². The standard InChI is InChI=1S/C13H14ClN5O2/c1-9(20)17-12-7-16-19(18-12)8-13(21)15-6-10-4-2-3-5-11(10)14/h2-5,7H,6,8H2,1H3,(H,15,21)(H,17,18,20). The molecule has 2 amide bonds. The van der Waals surface area contributed by atoms with Gasteiger partial charge in [-0.3, -0.25) is 9.59 Å². The zero-order valence-electron chi connectivity index (χ0n) is 11.3. The van der Waals surface area contributed by atoms with Gasteiger partial charge in [0.15, 0.2) is 5.82 Å². The van der Waals surface area contributed by atoms with Gasteiger partial charge in [0.1, 0.15) is 6.54 Å². The third-order valence-corrected chi connectivity index (χ3v) is 2.93. The molecule has 0 aliphatic carbocycles. The fraction of sp³-hybridized carbons (Fsp3) is 0.231. The number of hydrogen-bond donors (Lipinski definition) is 2. The van der Waals surface area contributed by atoms with Crippen LogP contribution in [0.5, 0.6) is 0 Å². The van der Waals surface area contributed by atoms with Gasteiger partial charge in [-0.05, 0) is 11.6 Å². The summed E-state index contributed by atoms with van der Waals surface area (Å²) in [4.78, 5) is 23.8. The van der Waals surface area contributed by atoms with Gasteiger partial charge in [-0.2, -0.15) is 9.90 Å². The highest BCUT2D eigenvalue weighted by Gasteiger charge is 2.07. The lowest BCUT2D eigenvalue weighted by Crippen LogP contribution is -2.28. The largest absolute Gasteiger partial charge is 0.350 e. The van der Waals surface area contributed by atoms with Gasteiger partial charge >= 0.3 is 0 Å². The first-order chi connectivity index (χ1) is 10.0. The number of anilines is 1. The summed E-state index contributed by atoms with van der Waals surface area (Å²) in [5, 5.41) is 13.6. The van der Waals surface area contributed by atoms with Gasteiger partial charge in [0.25, 0.3) is 0 Å². The first-order valence-corrected chi connectivity index (χ1v) is 6.60. The first-order valence-electron chi connectivity index (χ1n) is 6.22. The molecule has 2 rings (SSSR count). The highest BCUT2D eigenvalue weighted by atomic mass is 35.5. The minimum atomic E-state index is -0.250. The van der Waals surface area contributed by atoms with E-state index >= 15 is 0 Å². The van der Waals surface area contributed by atoms with E-state index in [1.807, 2.05) is 18.2 Å². The SMILES string of the molecule is CC(=O)Nc1cnn(CC(=O)NCc2ccccc2Cl)n1. The molecule has 0 atom stereocenters. The van der Waals surface area contributed by atoms with Crippen molar-refractivity contribution in [1.82, 2.24) is 20.3 Å². The summed E-state index contributed by atoms with van der Waals surface area (Å²) < 4.78 is 0. The van der Waals surface area contributed by atoms with Gasteiger partial charge in [-0.1, -0.05) is 29.8 Å². The van der Waals surface area contributed by atoms with Gasteiger partial charge in [-0.25, -0.2) is 0 Å². The van der Waals surface area contributed by atoms with E-state index in [1.165, 1.54) is 17.9 Å². The second-order valence-corrected chi connectivity index (χ2v) is 4.72. The number of nitrogens with zero attached hydrogens (tertiary/aromatic N) is 3. The molecular formula is C13H14ClN5O2. The molecule has 7 nitrogen and oxygen atoms in total. The lowest BCUT2D eigenvalue weighted by atomic mass is 10.2. The quantitative estimate of drug-likeness (QED) is 0.869. The molecule has 1 aromatic heterocycles. The molecule has 0 spiro atoms. The van der Waals surface area contributed by atoms with Gasteiger partial charge in [0, 0.05) is 18.5 Å². The van der Waals surface area contributed by atoms with Crippen molar-refractivity contribution in [2.75, 3.05) is 5.32 Å². The second kappa shape index (κ2) is 6.85. The number of rotatable bonds is 5. The predicted octanol–water partition coefficient (Wildman–Crippen LogP) is 1.21. The molecule has 0 bridgehead atoms. The third-order valence-electron chi connectivity index (χ3n) is 2.56. The normalized spacial score (nSPS) is 10.2. The number of carbonyl (C=O) groups is 2. The van der Waals surface area contributed by atoms with Crippen LogP contribution in [0.2, 0.25) is 5.02 Å². The molecule has 0 aliphatic heterocycles. The predicted molar refractivity (Wildman–Crippen MR) is 77.6 cm³/mol. The van der Waals surface area contributed by atoms with Crippen LogP contribution in [0, 0.1) is 0 Å². The summed E-state index contributed by atoms with van der Waals surface area (Å²) in [7, 11) is 0. The fourth-order valence-electron chi connectivity index (χ4n) is 1.63. The number of halogens is 1. The molecule has 0 unspecified atom stereocenters. The zero-order valence-corrected chi connectivity index (χ0v) is 12.1. The molecule has 1 heterocycles. The van der Waals surface area contributed by atoms with Crippen LogP contribution in [-0.4, -0.2) is 26.8 Å². The minimum absolute atomic E-state index is 0.0377. The Bertz CT molecular complexity index is 656. The van der Waals surface area contributed by atoms with Crippen molar-refractivity contribution in [3.05, 3.63) is 41.0 Å². The van der Waals surface area contributed by atoms with E-state index in [2.05, 4.69) is 20.8 Å². The summed E-state index contributed by atoms with van der Waals surface area (Å²) in [6.45, 7) is 1.66. The number of nitrogens with one attached hydrogen (secondary N) is 2.